The smallest absolute Gasteiger partial charge is 0.333 e. The van der Waals surface area contributed by atoms with Crippen molar-refractivity contribution in [2.75, 3.05) is 5.32 Å². The molecule has 0 aliphatic carbocycles. The van der Waals surface area contributed by atoms with Gasteiger partial charge in [-0.3, -0.25) is 9.59 Å². The minimum atomic E-state index is -1.54. The molecule has 0 bridgehead atoms. The van der Waals surface area contributed by atoms with Gasteiger partial charge in [0.25, 0.3) is 5.91 Å². The molecule has 3 rings (SSSR count). The number of amides is 2. The molecule has 2 aromatic rings. The molecule has 3 N–H and O–H groups in total. The minimum Gasteiger partial charge on any atom is -0.479 e. The van der Waals surface area contributed by atoms with Gasteiger partial charge < -0.3 is 15.7 Å². The van der Waals surface area contributed by atoms with E-state index in [1.807, 2.05) is 0 Å². The van der Waals surface area contributed by atoms with Crippen molar-refractivity contribution in [2.45, 2.75) is 31.7 Å². The molecular weight excluding hydrogens is 332 g/mol. The number of hydrogen-bond donors (Lipinski definition) is 3. The molecule has 1 unspecified atom stereocenters. The van der Waals surface area contributed by atoms with Gasteiger partial charge in [-0.05, 0) is 49.1 Å². The van der Waals surface area contributed by atoms with Gasteiger partial charge in [0.1, 0.15) is 0 Å². The number of carboxylic acid groups (broad SMARTS) is 1. The van der Waals surface area contributed by atoms with E-state index < -0.39 is 17.4 Å². The molecule has 134 valence electrons. The first-order chi connectivity index (χ1) is 12.4. The predicted molar refractivity (Wildman–Crippen MR) is 96.9 cm³/mol. The maximum absolute atomic E-state index is 12.7. The highest BCUT2D eigenvalue weighted by molar-refractivity contribution is 5.99. The topological polar surface area (TPSA) is 95.5 Å². The number of carbonyl (C=O) groups excluding carboxylic acids is 2. The molecule has 6 nitrogen and oxygen atoms in total. The van der Waals surface area contributed by atoms with Gasteiger partial charge in [0, 0.05) is 17.7 Å². The Balaban J connectivity index is 1.88. The quantitative estimate of drug-likeness (QED) is 0.788. The predicted octanol–water partition coefficient (Wildman–Crippen LogP) is 2.69. The summed E-state index contributed by atoms with van der Waals surface area (Å²) in [5, 5.41) is 15.1. The molecule has 0 aromatic heterocycles. The van der Waals surface area contributed by atoms with Crippen LogP contribution in [-0.2, 0) is 21.5 Å². The first kappa shape index (κ1) is 17.7. The molecule has 2 amide bonds. The van der Waals surface area contributed by atoms with E-state index in [0.29, 0.717) is 36.1 Å². The number of fused-ring (bicyclic) bond motifs is 1. The molecule has 0 radical (unpaired) electrons. The Bertz CT molecular complexity index is 863. The Morgan fingerprint density at radius 2 is 1.85 bits per heavy atom. The van der Waals surface area contributed by atoms with Crippen molar-refractivity contribution in [3.8, 4) is 0 Å². The van der Waals surface area contributed by atoms with Crippen LogP contribution >= 0.6 is 0 Å². The summed E-state index contributed by atoms with van der Waals surface area (Å²) in [7, 11) is 0. The fourth-order valence-corrected chi connectivity index (χ4v) is 3.04. The van der Waals surface area contributed by atoms with Crippen molar-refractivity contribution in [1.82, 2.24) is 5.32 Å². The van der Waals surface area contributed by atoms with Gasteiger partial charge in [-0.2, -0.15) is 0 Å². The Hall–Kier alpha value is -3.15. The second-order valence-electron chi connectivity index (χ2n) is 6.52. The summed E-state index contributed by atoms with van der Waals surface area (Å²) in [5.74, 6) is -1.65. The van der Waals surface area contributed by atoms with E-state index in [4.69, 9.17) is 0 Å². The van der Waals surface area contributed by atoms with Crippen LogP contribution in [0.4, 0.5) is 5.69 Å². The fraction of sp³-hybridized carbons (Fsp3) is 0.250. The molecule has 1 aliphatic heterocycles. The van der Waals surface area contributed by atoms with E-state index in [-0.39, 0.29) is 5.91 Å². The molecule has 26 heavy (non-hydrogen) atoms. The van der Waals surface area contributed by atoms with Gasteiger partial charge in [-0.15, -0.1) is 0 Å². The maximum atomic E-state index is 12.7. The molecule has 0 spiro atoms. The number of aryl methyl sites for hydroxylation is 1. The molecule has 0 saturated carbocycles. The molecule has 1 heterocycles. The van der Waals surface area contributed by atoms with Crippen LogP contribution in [0.1, 0.15) is 41.3 Å². The number of hydrogen-bond acceptors (Lipinski definition) is 3. The van der Waals surface area contributed by atoms with Crippen LogP contribution in [-0.4, -0.2) is 22.9 Å². The highest BCUT2D eigenvalue weighted by Gasteiger charge is 2.37. The van der Waals surface area contributed by atoms with Gasteiger partial charge in [-0.1, -0.05) is 30.3 Å². The lowest BCUT2D eigenvalue weighted by molar-refractivity contribution is -0.144. The monoisotopic (exact) mass is 352 g/mol. The second-order valence-corrected chi connectivity index (χ2v) is 6.52. The van der Waals surface area contributed by atoms with Gasteiger partial charge in [-0.25, -0.2) is 4.79 Å². The van der Waals surface area contributed by atoms with E-state index in [1.165, 1.54) is 6.92 Å². The third-order valence-corrected chi connectivity index (χ3v) is 4.63. The van der Waals surface area contributed by atoms with E-state index in [0.717, 1.165) is 5.56 Å². The molecule has 1 atom stereocenters. The molecule has 0 saturated heterocycles. The zero-order valence-electron chi connectivity index (χ0n) is 14.4. The van der Waals surface area contributed by atoms with Crippen LogP contribution in [0.25, 0.3) is 0 Å². The van der Waals surface area contributed by atoms with Crippen LogP contribution in [0.15, 0.2) is 48.5 Å². The van der Waals surface area contributed by atoms with E-state index in [9.17, 15) is 19.5 Å². The van der Waals surface area contributed by atoms with Gasteiger partial charge >= 0.3 is 5.97 Å². The number of anilines is 1. The molecule has 1 aliphatic rings. The summed E-state index contributed by atoms with van der Waals surface area (Å²) in [5.41, 5.74) is 0.888. The minimum absolute atomic E-state index is 0.0384. The molecule has 0 fully saturated rings. The Morgan fingerprint density at radius 3 is 2.54 bits per heavy atom. The van der Waals surface area contributed by atoms with Crippen LogP contribution < -0.4 is 10.6 Å². The standard InChI is InChI=1S/C20H20N2O4/c1-20(19(25)26,15-7-3-2-4-8-15)22-18(24)14-10-11-16-13(12-14)6-5-9-17(23)21-16/h2-4,7-8,10-12H,5-6,9H2,1H3,(H,21,23)(H,22,24)(H,25,26). The van der Waals surface area contributed by atoms with Crippen molar-refractivity contribution in [3.63, 3.8) is 0 Å². The first-order valence-electron chi connectivity index (χ1n) is 8.44. The van der Waals surface area contributed by atoms with Crippen molar-refractivity contribution in [2.24, 2.45) is 0 Å². The van der Waals surface area contributed by atoms with Crippen molar-refractivity contribution >= 4 is 23.5 Å². The van der Waals surface area contributed by atoms with Gasteiger partial charge in [0.2, 0.25) is 5.91 Å². The largest absolute Gasteiger partial charge is 0.479 e. The number of benzene rings is 2. The average molecular weight is 352 g/mol. The summed E-state index contributed by atoms with van der Waals surface area (Å²) >= 11 is 0. The summed E-state index contributed by atoms with van der Waals surface area (Å²) in [6, 6.07) is 13.6. The van der Waals surface area contributed by atoms with E-state index in [2.05, 4.69) is 10.6 Å². The zero-order valence-corrected chi connectivity index (χ0v) is 14.4. The van der Waals surface area contributed by atoms with Gasteiger partial charge in [0.15, 0.2) is 5.54 Å². The summed E-state index contributed by atoms with van der Waals surface area (Å²) < 4.78 is 0. The number of carboxylic acids is 1. The van der Waals surface area contributed by atoms with E-state index in [1.54, 1.807) is 48.5 Å². The number of rotatable bonds is 4. The maximum Gasteiger partial charge on any atom is 0.333 e. The molecule has 6 heteroatoms. The SMILES string of the molecule is CC(NC(=O)c1ccc2c(c1)CCCC(=O)N2)(C(=O)O)c1ccccc1. The van der Waals surface area contributed by atoms with Crippen molar-refractivity contribution in [3.05, 3.63) is 65.2 Å². The van der Waals surface area contributed by atoms with Gasteiger partial charge in [0.05, 0.1) is 0 Å². The van der Waals surface area contributed by atoms with Crippen LogP contribution in [0.5, 0.6) is 0 Å². The summed E-state index contributed by atoms with van der Waals surface area (Å²) in [4.78, 5) is 36.2. The van der Waals surface area contributed by atoms with Crippen molar-refractivity contribution in [1.29, 1.82) is 0 Å². The second kappa shape index (κ2) is 7.00. The fourth-order valence-electron chi connectivity index (χ4n) is 3.04. The van der Waals surface area contributed by atoms with Crippen LogP contribution in [0, 0.1) is 0 Å². The lowest BCUT2D eigenvalue weighted by Gasteiger charge is -2.27. The van der Waals surface area contributed by atoms with Crippen LogP contribution in [0.3, 0.4) is 0 Å². The third kappa shape index (κ3) is 3.44. The highest BCUT2D eigenvalue weighted by Crippen LogP contribution is 2.25. The van der Waals surface area contributed by atoms with Crippen molar-refractivity contribution < 1.29 is 19.5 Å². The zero-order chi connectivity index (χ0) is 18.7. The summed E-state index contributed by atoms with van der Waals surface area (Å²) in [6.45, 7) is 1.46. The number of nitrogens with one attached hydrogen (secondary N) is 2. The Labute approximate surface area is 151 Å². The summed E-state index contributed by atoms with van der Waals surface area (Å²) in [6.07, 6.45) is 1.84. The molecule has 2 aromatic carbocycles. The Morgan fingerprint density at radius 1 is 1.12 bits per heavy atom. The average Bonchev–Trinajstić information content (AvgIpc) is 2.82. The Kier molecular flexibility index (Phi) is 4.75. The highest BCUT2D eigenvalue weighted by atomic mass is 16.4. The first-order valence-corrected chi connectivity index (χ1v) is 8.44. The van der Waals surface area contributed by atoms with E-state index >= 15 is 0 Å². The third-order valence-electron chi connectivity index (χ3n) is 4.63. The normalized spacial score (nSPS) is 15.8. The van der Waals surface area contributed by atoms with Crippen LogP contribution in [0.2, 0.25) is 0 Å². The number of aliphatic carboxylic acids is 1. The molecular formula is C20H20N2O4. The lowest BCUT2D eigenvalue weighted by atomic mass is 9.91. The number of carbonyl (C=O) groups is 3. The lowest BCUT2D eigenvalue weighted by Crippen LogP contribution is -2.49.